The molecule has 0 aromatic carbocycles. The van der Waals surface area contributed by atoms with Crippen molar-refractivity contribution < 1.29 is 5.11 Å². The van der Waals surface area contributed by atoms with E-state index in [0.29, 0.717) is 11.3 Å². The fourth-order valence-corrected chi connectivity index (χ4v) is 7.63. The van der Waals surface area contributed by atoms with Gasteiger partial charge < -0.3 is 5.11 Å². The largest absolute Gasteiger partial charge is 0.393 e. The first-order valence-electron chi connectivity index (χ1n) is 11.4. The number of allylic oxidation sites excluding steroid dienone is 3. The van der Waals surface area contributed by atoms with E-state index in [0.717, 1.165) is 36.9 Å². The molecule has 6 atom stereocenters. The standard InChI is InChI=1S/C25H31N3O/c1-24-10-8-17(29)14-16(24)4-5-18-19-6-7-21(25(19,2)11-9-20(18)24)22-15-27-23-26-12-3-13-28(22)23/h3-4,7,12-13,15,17-20,29H,5-6,8-11,14H2,1-2H3. The molecule has 2 aromatic heterocycles. The first kappa shape index (κ1) is 17.9. The van der Waals surface area contributed by atoms with Crippen molar-refractivity contribution in [1.29, 1.82) is 0 Å². The molecule has 29 heavy (non-hydrogen) atoms. The molecule has 0 aliphatic heterocycles. The summed E-state index contributed by atoms with van der Waals surface area (Å²) in [6.07, 6.45) is 18.8. The molecule has 4 heteroatoms. The van der Waals surface area contributed by atoms with Gasteiger partial charge in [-0.2, -0.15) is 0 Å². The number of aromatic nitrogens is 3. The third kappa shape index (κ3) is 2.35. The van der Waals surface area contributed by atoms with E-state index >= 15 is 0 Å². The van der Waals surface area contributed by atoms with Gasteiger partial charge in [0.2, 0.25) is 5.78 Å². The second-order valence-electron chi connectivity index (χ2n) is 10.4. The normalized spacial score (nSPS) is 41.3. The van der Waals surface area contributed by atoms with Crippen molar-refractivity contribution in [2.75, 3.05) is 0 Å². The number of aliphatic hydroxyl groups is 1. The van der Waals surface area contributed by atoms with Crippen LogP contribution >= 0.6 is 0 Å². The third-order valence-corrected chi connectivity index (χ3v) is 9.22. The Kier molecular flexibility index (Phi) is 3.72. The van der Waals surface area contributed by atoms with E-state index in [1.165, 1.54) is 37.0 Å². The van der Waals surface area contributed by atoms with Crippen LogP contribution in [-0.4, -0.2) is 25.6 Å². The highest BCUT2D eigenvalue weighted by Gasteiger charge is 2.57. The van der Waals surface area contributed by atoms with Crippen LogP contribution in [0.15, 0.2) is 42.4 Å². The molecule has 0 bridgehead atoms. The molecule has 1 N–H and O–H groups in total. The SMILES string of the molecule is CC12CCC(O)CC1=CCC1C2CCC2(C)C(c3cnc4ncccn34)=CCC12. The van der Waals surface area contributed by atoms with Crippen molar-refractivity contribution in [3.63, 3.8) is 0 Å². The van der Waals surface area contributed by atoms with Crippen LogP contribution in [0, 0.1) is 28.6 Å². The smallest absolute Gasteiger partial charge is 0.234 e. The van der Waals surface area contributed by atoms with E-state index in [1.807, 2.05) is 18.5 Å². The lowest BCUT2D eigenvalue weighted by Gasteiger charge is -2.57. The van der Waals surface area contributed by atoms with Crippen LogP contribution in [0.3, 0.4) is 0 Å². The van der Waals surface area contributed by atoms with E-state index in [9.17, 15) is 5.11 Å². The number of hydrogen-bond donors (Lipinski definition) is 1. The maximum Gasteiger partial charge on any atom is 0.234 e. The summed E-state index contributed by atoms with van der Waals surface area (Å²) in [5, 5.41) is 10.2. The molecular formula is C25H31N3O. The van der Waals surface area contributed by atoms with Crippen molar-refractivity contribution in [3.05, 3.63) is 48.1 Å². The number of imidazole rings is 1. The number of nitrogens with zero attached hydrogens (tertiary/aromatic N) is 3. The van der Waals surface area contributed by atoms with Gasteiger partial charge in [0.25, 0.3) is 0 Å². The van der Waals surface area contributed by atoms with Gasteiger partial charge in [-0.1, -0.05) is 31.6 Å². The number of rotatable bonds is 1. The van der Waals surface area contributed by atoms with Crippen LogP contribution in [0.4, 0.5) is 0 Å². The second kappa shape index (κ2) is 6.04. The summed E-state index contributed by atoms with van der Waals surface area (Å²) in [6, 6.07) is 2.00. The molecule has 2 fully saturated rings. The van der Waals surface area contributed by atoms with Gasteiger partial charge in [-0.05, 0) is 85.2 Å². The number of aliphatic hydroxyl groups excluding tert-OH is 1. The van der Waals surface area contributed by atoms with E-state index in [4.69, 9.17) is 0 Å². The van der Waals surface area contributed by atoms with Crippen molar-refractivity contribution in [2.45, 2.75) is 64.9 Å². The lowest BCUT2D eigenvalue weighted by atomic mass is 9.47. The molecule has 4 nitrogen and oxygen atoms in total. The quantitative estimate of drug-likeness (QED) is 0.695. The highest BCUT2D eigenvalue weighted by molar-refractivity contribution is 5.72. The van der Waals surface area contributed by atoms with Gasteiger partial charge in [-0.25, -0.2) is 9.97 Å². The van der Waals surface area contributed by atoms with E-state index in [2.05, 4.69) is 46.6 Å². The Labute approximate surface area is 172 Å². The third-order valence-electron chi connectivity index (χ3n) is 9.22. The second-order valence-corrected chi connectivity index (χ2v) is 10.4. The van der Waals surface area contributed by atoms with Gasteiger partial charge in [-0.15, -0.1) is 0 Å². The minimum absolute atomic E-state index is 0.122. The molecular weight excluding hydrogens is 358 g/mol. The Hall–Kier alpha value is -1.94. The van der Waals surface area contributed by atoms with Gasteiger partial charge in [0, 0.05) is 12.4 Å². The minimum Gasteiger partial charge on any atom is -0.393 e. The molecule has 2 heterocycles. The molecule has 6 rings (SSSR count). The van der Waals surface area contributed by atoms with Crippen molar-refractivity contribution in [1.82, 2.24) is 14.4 Å². The van der Waals surface area contributed by atoms with Crippen LogP contribution in [0.5, 0.6) is 0 Å². The fourth-order valence-electron chi connectivity index (χ4n) is 7.63. The zero-order chi connectivity index (χ0) is 19.8. The van der Waals surface area contributed by atoms with E-state index < -0.39 is 0 Å². The van der Waals surface area contributed by atoms with E-state index in [1.54, 1.807) is 5.57 Å². The van der Waals surface area contributed by atoms with Crippen molar-refractivity contribution >= 4 is 11.4 Å². The molecule has 0 spiro atoms. The predicted molar refractivity (Wildman–Crippen MR) is 114 cm³/mol. The highest BCUT2D eigenvalue weighted by Crippen LogP contribution is 2.66. The van der Waals surface area contributed by atoms with Gasteiger partial charge in [-0.3, -0.25) is 4.40 Å². The molecule has 2 aromatic rings. The molecule has 0 radical (unpaired) electrons. The number of fused-ring (bicyclic) bond motifs is 6. The summed E-state index contributed by atoms with van der Waals surface area (Å²) in [5.74, 6) is 3.02. The highest BCUT2D eigenvalue weighted by atomic mass is 16.3. The zero-order valence-electron chi connectivity index (χ0n) is 17.5. The summed E-state index contributed by atoms with van der Waals surface area (Å²) in [6.45, 7) is 5.01. The van der Waals surface area contributed by atoms with Gasteiger partial charge in [0.15, 0.2) is 0 Å². The molecule has 4 aliphatic rings. The molecule has 152 valence electrons. The maximum atomic E-state index is 10.2. The van der Waals surface area contributed by atoms with Crippen LogP contribution < -0.4 is 0 Å². The average molecular weight is 390 g/mol. The monoisotopic (exact) mass is 389 g/mol. The molecule has 4 aliphatic carbocycles. The van der Waals surface area contributed by atoms with Gasteiger partial charge in [0.1, 0.15) is 0 Å². The molecule has 0 saturated heterocycles. The Morgan fingerprint density at radius 2 is 1.90 bits per heavy atom. The van der Waals surface area contributed by atoms with E-state index in [-0.39, 0.29) is 11.5 Å². The zero-order valence-corrected chi connectivity index (χ0v) is 17.5. The Bertz CT molecular complexity index is 1040. The maximum absolute atomic E-state index is 10.2. The summed E-state index contributed by atoms with van der Waals surface area (Å²) >= 11 is 0. The lowest BCUT2D eigenvalue weighted by molar-refractivity contribution is -0.0238. The van der Waals surface area contributed by atoms with Gasteiger partial charge >= 0.3 is 0 Å². The first-order valence-corrected chi connectivity index (χ1v) is 11.4. The van der Waals surface area contributed by atoms with Gasteiger partial charge in [0.05, 0.1) is 18.0 Å². The first-order chi connectivity index (χ1) is 14.0. The number of hydrogen-bond acceptors (Lipinski definition) is 3. The van der Waals surface area contributed by atoms with Crippen LogP contribution in [0.2, 0.25) is 0 Å². The Morgan fingerprint density at radius 3 is 2.79 bits per heavy atom. The summed E-state index contributed by atoms with van der Waals surface area (Å²) in [7, 11) is 0. The summed E-state index contributed by atoms with van der Waals surface area (Å²) in [5.41, 5.74) is 4.80. The topological polar surface area (TPSA) is 50.4 Å². The van der Waals surface area contributed by atoms with Crippen LogP contribution in [0.25, 0.3) is 11.4 Å². The average Bonchev–Trinajstić information content (AvgIpc) is 3.29. The summed E-state index contributed by atoms with van der Waals surface area (Å²) < 4.78 is 2.16. The molecule has 6 unspecified atom stereocenters. The molecule has 0 amide bonds. The Balaban J connectivity index is 1.36. The van der Waals surface area contributed by atoms with Crippen molar-refractivity contribution in [2.24, 2.45) is 28.6 Å². The van der Waals surface area contributed by atoms with Crippen LogP contribution in [-0.2, 0) is 0 Å². The Morgan fingerprint density at radius 1 is 1.03 bits per heavy atom. The van der Waals surface area contributed by atoms with Crippen molar-refractivity contribution in [3.8, 4) is 0 Å². The van der Waals surface area contributed by atoms with Crippen LogP contribution in [0.1, 0.15) is 64.5 Å². The summed E-state index contributed by atoms with van der Waals surface area (Å²) in [4.78, 5) is 8.99. The predicted octanol–water partition coefficient (Wildman–Crippen LogP) is 5.05. The lowest BCUT2D eigenvalue weighted by Crippen LogP contribution is -2.49. The fraction of sp³-hybridized carbons (Fsp3) is 0.600. The molecule has 2 saturated carbocycles. The minimum atomic E-state index is -0.122.